The minimum absolute atomic E-state index is 0.00695. The molecule has 4 aliphatic carbocycles. The van der Waals surface area contributed by atoms with Crippen LogP contribution in [-0.4, -0.2) is 54.6 Å². The first-order valence-corrected chi connectivity index (χ1v) is 21.7. The van der Waals surface area contributed by atoms with Crippen LogP contribution in [0.15, 0.2) is 72.3 Å². The lowest BCUT2D eigenvalue weighted by atomic mass is 9.47. The number of carbonyl (C=O) groups is 1. The van der Waals surface area contributed by atoms with Gasteiger partial charge in [0.05, 0.1) is 6.54 Å². The minimum Gasteiger partial charge on any atom is -0.461 e. The number of carbonyl (C=O) groups excluding carboxylic acids is 1. The number of nitrogens with two attached hydrogens (primary N) is 1. The van der Waals surface area contributed by atoms with Crippen LogP contribution in [0.2, 0.25) is 0 Å². The normalized spacial score (nSPS) is 30.1. The molecule has 0 aromatic heterocycles. The van der Waals surface area contributed by atoms with Crippen molar-refractivity contribution < 1.29 is 9.53 Å². The van der Waals surface area contributed by atoms with E-state index in [4.69, 9.17) is 10.5 Å². The lowest BCUT2D eigenvalue weighted by Crippen LogP contribution is -2.51. The summed E-state index contributed by atoms with van der Waals surface area (Å²) in [5, 5.41) is 0. The summed E-state index contributed by atoms with van der Waals surface area (Å²) in [5.74, 6) is 4.97. The molecule has 0 spiro atoms. The van der Waals surface area contributed by atoms with Crippen molar-refractivity contribution in [3.8, 4) is 0 Å². The van der Waals surface area contributed by atoms with E-state index in [2.05, 4.69) is 111 Å². The highest BCUT2D eigenvalue weighted by molar-refractivity contribution is 5.72. The van der Waals surface area contributed by atoms with Crippen molar-refractivity contribution in [1.82, 2.24) is 9.80 Å². The van der Waals surface area contributed by atoms with E-state index >= 15 is 0 Å². The highest BCUT2D eigenvalue weighted by atomic mass is 16.5. The van der Waals surface area contributed by atoms with E-state index in [1.807, 2.05) is 0 Å². The summed E-state index contributed by atoms with van der Waals surface area (Å²) in [6, 6.07) is 21.2. The third kappa shape index (κ3) is 9.86. The number of hydrogen-bond donors (Lipinski definition) is 1. The Bertz CT molecular complexity index is 1460. The van der Waals surface area contributed by atoms with Crippen LogP contribution in [0.5, 0.6) is 0 Å². The molecule has 4 unspecified atom stereocenters. The van der Waals surface area contributed by atoms with Crippen LogP contribution in [0.25, 0.3) is 0 Å². The van der Waals surface area contributed by atoms with Crippen LogP contribution in [0.3, 0.4) is 0 Å². The van der Waals surface area contributed by atoms with Gasteiger partial charge in [0.2, 0.25) is 0 Å². The summed E-state index contributed by atoms with van der Waals surface area (Å²) in [5.41, 5.74) is 10.8. The molecular weight excluding hydrogens is 651 g/mol. The van der Waals surface area contributed by atoms with E-state index in [0.717, 1.165) is 93.9 Å². The second-order valence-electron chi connectivity index (χ2n) is 18.7. The Morgan fingerprint density at radius 3 is 2.17 bits per heavy atom. The van der Waals surface area contributed by atoms with Crippen LogP contribution in [0, 0.1) is 46.3 Å². The maximum absolute atomic E-state index is 13.7. The van der Waals surface area contributed by atoms with Crippen molar-refractivity contribution in [3.63, 3.8) is 0 Å². The molecule has 6 rings (SSSR count). The van der Waals surface area contributed by atoms with E-state index in [-0.39, 0.29) is 17.5 Å². The summed E-state index contributed by atoms with van der Waals surface area (Å²) < 4.78 is 6.38. The number of allylic oxidation sites excluding steroid dienone is 1. The number of fused-ring (bicyclic) bond motifs is 5. The SMILES string of the molecule is CC(C)CCC[C@@H](C)[C@H]1CCC2C3CC=C4CC(OC(=O)CN(CCN(CCCN)Cc5ccccc5)Cc5ccccc5)CC[C@]4(C)C3CC[C@@]21C. The molecule has 0 heterocycles. The van der Waals surface area contributed by atoms with Gasteiger partial charge in [-0.1, -0.05) is 126 Å². The highest BCUT2D eigenvalue weighted by Gasteiger charge is 2.59. The Morgan fingerprint density at radius 1 is 0.811 bits per heavy atom. The topological polar surface area (TPSA) is 58.8 Å². The molecule has 292 valence electrons. The third-order valence-corrected chi connectivity index (χ3v) is 14.8. The molecule has 4 aliphatic rings. The van der Waals surface area contributed by atoms with Gasteiger partial charge in [0.25, 0.3) is 0 Å². The van der Waals surface area contributed by atoms with E-state index in [0.29, 0.717) is 18.5 Å². The highest BCUT2D eigenvalue weighted by Crippen LogP contribution is 2.67. The van der Waals surface area contributed by atoms with Crippen molar-refractivity contribution in [3.05, 3.63) is 83.4 Å². The van der Waals surface area contributed by atoms with Gasteiger partial charge in [-0.25, -0.2) is 0 Å². The number of esters is 1. The van der Waals surface area contributed by atoms with E-state index in [1.54, 1.807) is 5.57 Å². The first kappa shape index (κ1) is 40.2. The number of ether oxygens (including phenoxy) is 1. The van der Waals surface area contributed by atoms with E-state index in [1.165, 1.54) is 62.5 Å². The molecule has 3 saturated carbocycles. The average Bonchev–Trinajstić information content (AvgIpc) is 3.51. The third-order valence-electron chi connectivity index (χ3n) is 14.8. The Kier molecular flexibility index (Phi) is 14.0. The van der Waals surface area contributed by atoms with Gasteiger partial charge >= 0.3 is 5.97 Å². The molecule has 0 amide bonds. The van der Waals surface area contributed by atoms with Gasteiger partial charge in [-0.05, 0) is 122 Å². The second kappa shape index (κ2) is 18.4. The fourth-order valence-corrected chi connectivity index (χ4v) is 11.9. The summed E-state index contributed by atoms with van der Waals surface area (Å²) in [6.45, 7) is 17.9. The van der Waals surface area contributed by atoms with Gasteiger partial charge < -0.3 is 10.5 Å². The molecule has 53 heavy (non-hydrogen) atoms. The van der Waals surface area contributed by atoms with Crippen LogP contribution in [-0.2, 0) is 22.6 Å². The van der Waals surface area contributed by atoms with Gasteiger partial charge in [-0.3, -0.25) is 14.6 Å². The van der Waals surface area contributed by atoms with Crippen molar-refractivity contribution in [2.24, 2.45) is 52.1 Å². The fraction of sp³-hybridized carbons (Fsp3) is 0.688. The molecule has 2 N–H and O–H groups in total. The van der Waals surface area contributed by atoms with Crippen LogP contribution >= 0.6 is 0 Å². The zero-order chi connectivity index (χ0) is 37.4. The van der Waals surface area contributed by atoms with Gasteiger partial charge in [-0.2, -0.15) is 0 Å². The molecule has 0 saturated heterocycles. The Labute approximate surface area is 323 Å². The van der Waals surface area contributed by atoms with E-state index < -0.39 is 0 Å². The van der Waals surface area contributed by atoms with Crippen LogP contribution in [0.1, 0.15) is 123 Å². The number of nitrogens with zero attached hydrogens (tertiary/aromatic N) is 2. The molecule has 2 aromatic rings. The summed E-state index contributed by atoms with van der Waals surface area (Å²) >= 11 is 0. The quantitative estimate of drug-likeness (QED) is 0.123. The zero-order valence-corrected chi connectivity index (χ0v) is 34.1. The first-order chi connectivity index (χ1) is 25.6. The molecule has 2 aromatic carbocycles. The van der Waals surface area contributed by atoms with Crippen molar-refractivity contribution in [2.75, 3.05) is 32.7 Å². The lowest BCUT2D eigenvalue weighted by molar-refractivity contribution is -0.153. The smallest absolute Gasteiger partial charge is 0.320 e. The van der Waals surface area contributed by atoms with Gasteiger partial charge in [-0.15, -0.1) is 0 Å². The Balaban J connectivity index is 1.06. The summed E-state index contributed by atoms with van der Waals surface area (Å²) in [6.07, 6.45) is 17.7. The molecule has 0 aliphatic heterocycles. The summed E-state index contributed by atoms with van der Waals surface area (Å²) in [7, 11) is 0. The first-order valence-electron chi connectivity index (χ1n) is 21.7. The Morgan fingerprint density at radius 2 is 1.49 bits per heavy atom. The predicted molar refractivity (Wildman–Crippen MR) is 220 cm³/mol. The molecule has 0 radical (unpaired) electrons. The molecule has 5 heteroatoms. The van der Waals surface area contributed by atoms with Gasteiger partial charge in [0.1, 0.15) is 6.10 Å². The maximum atomic E-state index is 13.7. The number of rotatable bonds is 18. The molecule has 0 bridgehead atoms. The summed E-state index contributed by atoms with van der Waals surface area (Å²) in [4.78, 5) is 18.5. The van der Waals surface area contributed by atoms with Crippen LogP contribution < -0.4 is 5.73 Å². The fourth-order valence-electron chi connectivity index (χ4n) is 11.9. The monoisotopic (exact) mass is 724 g/mol. The lowest BCUT2D eigenvalue weighted by Gasteiger charge is -2.58. The van der Waals surface area contributed by atoms with E-state index in [9.17, 15) is 4.79 Å². The Hall–Kier alpha value is -2.47. The van der Waals surface area contributed by atoms with Gasteiger partial charge in [0.15, 0.2) is 0 Å². The second-order valence-corrected chi connectivity index (χ2v) is 18.7. The maximum Gasteiger partial charge on any atom is 0.320 e. The minimum atomic E-state index is -0.0756. The molecule has 3 fully saturated rings. The molecule has 8 atom stereocenters. The van der Waals surface area contributed by atoms with Crippen molar-refractivity contribution in [1.29, 1.82) is 0 Å². The molecular formula is C48H73N3O2. The zero-order valence-electron chi connectivity index (χ0n) is 34.1. The van der Waals surface area contributed by atoms with Crippen LogP contribution in [0.4, 0.5) is 0 Å². The standard InChI is InChI=1S/C48H73N3O2/c1-36(2)14-12-15-37(3)43-22-23-44-42-21-20-40-32-41(24-26-47(40,4)45(42)25-27-48(43,44)5)53-46(52)35-51(34-39-18-10-7-11-19-39)31-30-50(29-13-28-49)33-38-16-8-6-9-17-38/h6-11,16-20,36-37,41-45H,12-15,21-35,49H2,1-5H3/t37-,41?,42?,43-,44?,45?,47+,48-/m1/s1. The predicted octanol–water partition coefficient (Wildman–Crippen LogP) is 10.3. The van der Waals surface area contributed by atoms with Crippen molar-refractivity contribution >= 4 is 5.97 Å². The average molecular weight is 724 g/mol. The largest absolute Gasteiger partial charge is 0.461 e. The number of hydrogen-bond acceptors (Lipinski definition) is 5. The molecule has 5 nitrogen and oxygen atoms in total. The van der Waals surface area contributed by atoms with Gasteiger partial charge in [0, 0.05) is 32.6 Å². The van der Waals surface area contributed by atoms with Crippen molar-refractivity contribution in [2.45, 2.75) is 131 Å². The number of benzene rings is 2.